The van der Waals surface area contributed by atoms with E-state index in [0.717, 1.165) is 23.5 Å². The van der Waals surface area contributed by atoms with E-state index in [2.05, 4.69) is 107 Å². The number of aliphatic imine (C=N–C) groups is 2. The van der Waals surface area contributed by atoms with Crippen LogP contribution in [0, 0.1) is 5.92 Å². The van der Waals surface area contributed by atoms with Crippen molar-refractivity contribution < 1.29 is 0 Å². The van der Waals surface area contributed by atoms with Crippen molar-refractivity contribution in [3.63, 3.8) is 0 Å². The van der Waals surface area contributed by atoms with E-state index in [0.29, 0.717) is 5.92 Å². The van der Waals surface area contributed by atoms with Gasteiger partial charge in [-0.05, 0) is 61.7 Å². The first-order valence-electron chi connectivity index (χ1n) is 11.5. The van der Waals surface area contributed by atoms with Gasteiger partial charge in [0.15, 0.2) is 0 Å². The third-order valence-electron chi connectivity index (χ3n) is 6.36. The Hall–Kier alpha value is -3.30. The van der Waals surface area contributed by atoms with E-state index in [1.54, 1.807) is 11.3 Å². The fraction of sp³-hybridized carbons (Fsp3) is 0.200. The number of nitrogens with zero attached hydrogens (tertiary/aromatic N) is 2. The summed E-state index contributed by atoms with van der Waals surface area (Å²) in [5, 5.41) is 4.81. The van der Waals surface area contributed by atoms with Crippen LogP contribution in [0.15, 0.2) is 100 Å². The van der Waals surface area contributed by atoms with E-state index in [4.69, 9.17) is 9.98 Å². The Balaban J connectivity index is 1.55. The van der Waals surface area contributed by atoms with Crippen molar-refractivity contribution >= 4 is 50.0 Å². The van der Waals surface area contributed by atoms with Crippen molar-refractivity contribution in [2.24, 2.45) is 15.9 Å². The van der Waals surface area contributed by atoms with Gasteiger partial charge in [-0.25, -0.2) is 0 Å². The topological polar surface area (TPSA) is 24.7 Å². The largest absolute Gasteiger partial charge is 0.256 e. The lowest BCUT2D eigenvalue weighted by Gasteiger charge is -2.17. The van der Waals surface area contributed by atoms with Crippen LogP contribution in [0.4, 0.5) is 5.69 Å². The summed E-state index contributed by atoms with van der Waals surface area (Å²) < 4.78 is 0. The number of rotatable bonds is 4. The molecule has 3 heteroatoms. The van der Waals surface area contributed by atoms with E-state index in [-0.39, 0.29) is 0 Å². The molecule has 0 radical (unpaired) electrons. The van der Waals surface area contributed by atoms with Gasteiger partial charge in [0.2, 0.25) is 0 Å². The van der Waals surface area contributed by atoms with Crippen LogP contribution >= 0.6 is 11.3 Å². The van der Waals surface area contributed by atoms with Crippen molar-refractivity contribution in [2.75, 3.05) is 0 Å². The summed E-state index contributed by atoms with van der Waals surface area (Å²) in [5.74, 6) is 0.465. The van der Waals surface area contributed by atoms with Crippen LogP contribution in [0.1, 0.15) is 43.9 Å². The summed E-state index contributed by atoms with van der Waals surface area (Å²) in [5.41, 5.74) is 5.63. The number of hydrogen-bond donors (Lipinski definition) is 0. The highest BCUT2D eigenvalue weighted by Gasteiger charge is 2.15. The Morgan fingerprint density at radius 2 is 1.39 bits per heavy atom. The van der Waals surface area contributed by atoms with Crippen LogP contribution < -0.4 is 0 Å². The lowest BCUT2D eigenvalue weighted by Crippen LogP contribution is -2.05. The maximum atomic E-state index is 5.17. The zero-order chi connectivity index (χ0) is 22.9. The van der Waals surface area contributed by atoms with Gasteiger partial charge in [0.25, 0.3) is 0 Å². The first-order chi connectivity index (χ1) is 16.0. The molecule has 0 N–H and O–H groups in total. The van der Waals surface area contributed by atoms with Gasteiger partial charge < -0.3 is 0 Å². The molecule has 1 aliphatic rings. The van der Waals surface area contributed by atoms with E-state index >= 15 is 0 Å². The molecule has 1 heterocycles. The monoisotopic (exact) mass is 448 g/mol. The molecule has 4 aromatic rings. The molecule has 0 bridgehead atoms. The Morgan fingerprint density at radius 1 is 0.818 bits per heavy atom. The number of hydrogen-bond acceptors (Lipinski definition) is 3. The van der Waals surface area contributed by atoms with Crippen molar-refractivity contribution in [3.8, 4) is 0 Å². The summed E-state index contributed by atoms with van der Waals surface area (Å²) >= 11 is 1.77. The summed E-state index contributed by atoms with van der Waals surface area (Å²) in [6.07, 6.45) is 5.50. The molecule has 0 fully saturated rings. The number of fused-ring (bicyclic) bond motifs is 2. The average molecular weight is 449 g/mol. The highest BCUT2D eigenvalue weighted by Crippen LogP contribution is 2.36. The smallest absolute Gasteiger partial charge is 0.0790 e. The van der Waals surface area contributed by atoms with Crippen LogP contribution in [-0.2, 0) is 0 Å². The van der Waals surface area contributed by atoms with Gasteiger partial charge in [-0.15, -0.1) is 11.3 Å². The highest BCUT2D eigenvalue weighted by molar-refractivity contribution is 7.16. The minimum absolute atomic E-state index is 0.465. The van der Waals surface area contributed by atoms with Crippen molar-refractivity contribution in [3.05, 3.63) is 99.9 Å². The predicted octanol–water partition coefficient (Wildman–Crippen LogP) is 8.87. The number of thiophene rings is 1. The Labute approximate surface area is 199 Å². The van der Waals surface area contributed by atoms with Crippen molar-refractivity contribution in [1.82, 2.24) is 0 Å². The van der Waals surface area contributed by atoms with Gasteiger partial charge in [-0.1, -0.05) is 67.6 Å². The second-order valence-corrected chi connectivity index (χ2v) is 9.92. The predicted molar refractivity (Wildman–Crippen MR) is 145 cm³/mol. The molecule has 1 aromatic heterocycles. The fourth-order valence-electron chi connectivity index (χ4n) is 4.53. The minimum Gasteiger partial charge on any atom is -0.256 e. The second kappa shape index (κ2) is 8.92. The van der Waals surface area contributed by atoms with Gasteiger partial charge in [0.1, 0.15) is 0 Å². The number of benzene rings is 3. The van der Waals surface area contributed by atoms with Crippen LogP contribution in [0.5, 0.6) is 0 Å². The first kappa shape index (κ1) is 21.5. The van der Waals surface area contributed by atoms with Crippen LogP contribution in [0.2, 0.25) is 0 Å². The van der Waals surface area contributed by atoms with Crippen molar-refractivity contribution in [2.45, 2.75) is 34.1 Å². The third kappa shape index (κ3) is 4.21. The molecule has 1 unspecified atom stereocenters. The molecular formula is C30H28N2S. The van der Waals surface area contributed by atoms with Crippen molar-refractivity contribution in [1.29, 1.82) is 0 Å². The first-order valence-corrected chi connectivity index (χ1v) is 12.3. The molecule has 164 valence electrons. The molecule has 0 spiro atoms. The number of allylic oxidation sites excluding steroid dienone is 4. The lowest BCUT2D eigenvalue weighted by atomic mass is 9.94. The average Bonchev–Trinajstić information content (AvgIpc) is 3.32. The minimum atomic E-state index is 0.465. The molecule has 1 aliphatic carbocycles. The summed E-state index contributed by atoms with van der Waals surface area (Å²) in [6.45, 7) is 8.64. The zero-order valence-corrected chi connectivity index (χ0v) is 20.4. The quantitative estimate of drug-likeness (QED) is 0.220. The van der Waals surface area contributed by atoms with Gasteiger partial charge in [0, 0.05) is 32.1 Å². The SMILES string of the molecule is CC(=NC1=C(C)C=CCC1C)c1ccc(C(C)=Nc2c3ccccc3cc3ccccc23)s1. The van der Waals surface area contributed by atoms with E-state index in [1.165, 1.54) is 42.6 Å². The lowest BCUT2D eigenvalue weighted by molar-refractivity contribution is 0.669. The molecule has 0 saturated carbocycles. The molecule has 3 aromatic carbocycles. The van der Waals surface area contributed by atoms with E-state index in [1.807, 2.05) is 0 Å². The zero-order valence-electron chi connectivity index (χ0n) is 19.6. The van der Waals surface area contributed by atoms with Gasteiger partial charge in [-0.3, -0.25) is 9.98 Å². The molecule has 0 amide bonds. The van der Waals surface area contributed by atoms with Crippen LogP contribution in [-0.4, -0.2) is 11.4 Å². The van der Waals surface area contributed by atoms with Crippen LogP contribution in [0.25, 0.3) is 21.5 Å². The van der Waals surface area contributed by atoms with E-state index < -0.39 is 0 Å². The molecule has 5 rings (SSSR count). The van der Waals surface area contributed by atoms with Gasteiger partial charge in [0.05, 0.1) is 17.1 Å². The molecule has 0 aliphatic heterocycles. The Bertz CT molecular complexity index is 1430. The van der Waals surface area contributed by atoms with Gasteiger partial charge in [-0.2, -0.15) is 0 Å². The summed E-state index contributed by atoms with van der Waals surface area (Å²) in [4.78, 5) is 12.6. The summed E-state index contributed by atoms with van der Waals surface area (Å²) in [6, 6.07) is 23.6. The fourth-order valence-corrected chi connectivity index (χ4v) is 5.42. The Kier molecular flexibility index (Phi) is 5.82. The third-order valence-corrected chi connectivity index (χ3v) is 7.66. The molecular weight excluding hydrogens is 420 g/mol. The maximum Gasteiger partial charge on any atom is 0.0790 e. The highest BCUT2D eigenvalue weighted by atomic mass is 32.1. The Morgan fingerprint density at radius 3 is 2.00 bits per heavy atom. The molecule has 33 heavy (non-hydrogen) atoms. The maximum absolute atomic E-state index is 5.17. The molecule has 2 nitrogen and oxygen atoms in total. The second-order valence-electron chi connectivity index (χ2n) is 8.83. The van der Waals surface area contributed by atoms with Gasteiger partial charge >= 0.3 is 0 Å². The van der Waals surface area contributed by atoms with Crippen LogP contribution in [0.3, 0.4) is 0 Å². The van der Waals surface area contributed by atoms with E-state index in [9.17, 15) is 0 Å². The standard InChI is InChI=1S/C30H28N2S/c1-19-10-9-11-20(2)29(19)31-21(3)27-16-17-28(33-27)22(4)32-30-25-14-7-5-12-23(25)18-24-13-6-8-15-26(24)30/h5-10,12-18,20H,11H2,1-4H3. The normalized spacial score (nSPS) is 17.4. The molecule has 1 atom stereocenters. The summed E-state index contributed by atoms with van der Waals surface area (Å²) in [7, 11) is 0. The molecule has 0 saturated heterocycles.